The number of carbonyl (C=O) groups is 1. The van der Waals surface area contributed by atoms with Gasteiger partial charge < -0.3 is 18.9 Å². The van der Waals surface area contributed by atoms with E-state index in [1.54, 1.807) is 19.1 Å². The van der Waals surface area contributed by atoms with Crippen molar-refractivity contribution >= 4 is 16.0 Å². The molecule has 8 nitrogen and oxygen atoms in total. The van der Waals surface area contributed by atoms with E-state index in [4.69, 9.17) is 14.2 Å². The maximum absolute atomic E-state index is 12.9. The number of hydrogen-bond acceptors (Lipinski definition) is 7. The van der Waals surface area contributed by atoms with Crippen LogP contribution in [0.2, 0.25) is 0 Å². The molecule has 0 aliphatic heterocycles. The van der Waals surface area contributed by atoms with Crippen LogP contribution in [-0.4, -0.2) is 40.6 Å². The van der Waals surface area contributed by atoms with Crippen LogP contribution in [0.1, 0.15) is 38.8 Å². The van der Waals surface area contributed by atoms with Crippen molar-refractivity contribution in [2.75, 3.05) is 13.7 Å². The third-order valence-corrected chi connectivity index (χ3v) is 5.78. The van der Waals surface area contributed by atoms with Crippen LogP contribution in [0.15, 0.2) is 47.4 Å². The number of alkyl halides is 3. The van der Waals surface area contributed by atoms with Gasteiger partial charge in [-0.3, -0.25) is 4.79 Å². The van der Waals surface area contributed by atoms with Crippen molar-refractivity contribution in [3.63, 3.8) is 0 Å². The lowest BCUT2D eigenvalue weighted by atomic mass is 10.0. The van der Waals surface area contributed by atoms with Crippen LogP contribution in [0.3, 0.4) is 0 Å². The molecule has 0 aliphatic rings. The zero-order chi connectivity index (χ0) is 25.5. The van der Waals surface area contributed by atoms with E-state index in [0.717, 1.165) is 24.3 Å². The predicted octanol–water partition coefficient (Wildman–Crippen LogP) is 4.35. The van der Waals surface area contributed by atoms with E-state index in [9.17, 15) is 26.4 Å². The molecular formula is C22H26F3NO7S. The van der Waals surface area contributed by atoms with Crippen LogP contribution in [-0.2, 0) is 19.6 Å². The summed E-state index contributed by atoms with van der Waals surface area (Å²) in [6.07, 6.45) is -5.39. The van der Waals surface area contributed by atoms with E-state index < -0.39 is 34.1 Å². The first kappa shape index (κ1) is 27.3. The molecule has 0 saturated heterocycles. The number of halogens is 3. The minimum atomic E-state index is -4.91. The van der Waals surface area contributed by atoms with Gasteiger partial charge in [0.15, 0.2) is 11.5 Å². The average Bonchev–Trinajstić information content (AvgIpc) is 2.72. The quantitative estimate of drug-likeness (QED) is 0.453. The van der Waals surface area contributed by atoms with Crippen LogP contribution < -0.4 is 18.9 Å². The van der Waals surface area contributed by atoms with E-state index >= 15 is 0 Å². The second-order valence-corrected chi connectivity index (χ2v) is 8.99. The van der Waals surface area contributed by atoms with Gasteiger partial charge in [0, 0.05) is 0 Å². The minimum absolute atomic E-state index is 0.101. The summed E-state index contributed by atoms with van der Waals surface area (Å²) in [5.41, 5.74) is 0.390. The van der Waals surface area contributed by atoms with E-state index in [1.807, 2.05) is 13.8 Å². The number of rotatable bonds is 11. The third-order valence-electron chi connectivity index (χ3n) is 4.29. The van der Waals surface area contributed by atoms with Gasteiger partial charge in [0.1, 0.15) is 5.75 Å². The second-order valence-electron chi connectivity index (χ2n) is 7.28. The van der Waals surface area contributed by atoms with Crippen molar-refractivity contribution in [3.8, 4) is 17.2 Å². The van der Waals surface area contributed by atoms with Gasteiger partial charge in [0.05, 0.1) is 37.2 Å². The normalized spacial score (nSPS) is 12.8. The van der Waals surface area contributed by atoms with Gasteiger partial charge in [-0.25, -0.2) is 13.1 Å². The zero-order valence-corrected chi connectivity index (χ0v) is 19.8. The summed E-state index contributed by atoms with van der Waals surface area (Å²) in [6, 6.07) is 7.32. The molecule has 0 fully saturated rings. The van der Waals surface area contributed by atoms with Gasteiger partial charge in [-0.15, -0.1) is 13.2 Å². The molecule has 188 valence electrons. The lowest BCUT2D eigenvalue weighted by Gasteiger charge is -2.21. The Labute approximate surface area is 196 Å². The maximum atomic E-state index is 12.9. The van der Waals surface area contributed by atoms with Gasteiger partial charge >= 0.3 is 12.3 Å². The van der Waals surface area contributed by atoms with Crippen LogP contribution in [0.5, 0.6) is 17.2 Å². The molecule has 34 heavy (non-hydrogen) atoms. The van der Waals surface area contributed by atoms with Crippen molar-refractivity contribution in [1.82, 2.24) is 4.72 Å². The Balaban J connectivity index is 2.36. The Hall–Kier alpha value is -2.99. The van der Waals surface area contributed by atoms with E-state index in [0.29, 0.717) is 17.1 Å². The zero-order valence-electron chi connectivity index (χ0n) is 19.0. The highest BCUT2D eigenvalue weighted by atomic mass is 32.2. The second kappa shape index (κ2) is 11.4. The Morgan fingerprint density at radius 3 is 2.24 bits per heavy atom. The largest absolute Gasteiger partial charge is 0.573 e. The summed E-state index contributed by atoms with van der Waals surface area (Å²) < 4.78 is 85.1. The van der Waals surface area contributed by atoms with Crippen LogP contribution in [0.25, 0.3) is 0 Å². The number of esters is 1. The number of nitrogens with one attached hydrogen (secondary N) is 1. The summed E-state index contributed by atoms with van der Waals surface area (Å²) in [6.45, 7) is 5.37. The molecule has 0 saturated carbocycles. The highest BCUT2D eigenvalue weighted by Gasteiger charge is 2.31. The summed E-state index contributed by atoms with van der Waals surface area (Å²) in [5.74, 6) is -0.460. The van der Waals surface area contributed by atoms with Gasteiger partial charge in [0.25, 0.3) is 0 Å². The number of sulfonamides is 1. The molecule has 0 aromatic heterocycles. The van der Waals surface area contributed by atoms with E-state index in [-0.39, 0.29) is 24.0 Å². The van der Waals surface area contributed by atoms with Crippen LogP contribution in [0.4, 0.5) is 13.2 Å². The molecule has 0 unspecified atom stereocenters. The molecule has 0 aliphatic carbocycles. The fourth-order valence-electron chi connectivity index (χ4n) is 2.94. The minimum Gasteiger partial charge on any atom is -0.493 e. The summed E-state index contributed by atoms with van der Waals surface area (Å²) in [4.78, 5) is 11.8. The number of benzene rings is 2. The molecule has 2 aromatic rings. The smallest absolute Gasteiger partial charge is 0.493 e. The van der Waals surface area contributed by atoms with Crippen LogP contribution in [0, 0.1) is 0 Å². The number of ether oxygens (including phenoxy) is 4. The Kier molecular flexibility index (Phi) is 9.16. The Morgan fingerprint density at radius 2 is 1.71 bits per heavy atom. The molecule has 1 N–H and O–H groups in total. The fourth-order valence-corrected chi connectivity index (χ4v) is 4.17. The van der Waals surface area contributed by atoms with E-state index in [1.165, 1.54) is 13.2 Å². The lowest BCUT2D eigenvalue weighted by molar-refractivity contribution is -0.274. The topological polar surface area (TPSA) is 100 Å². The lowest BCUT2D eigenvalue weighted by Crippen LogP contribution is -2.31. The first-order valence-electron chi connectivity index (χ1n) is 10.2. The first-order valence-corrected chi connectivity index (χ1v) is 11.7. The SMILES string of the molecule is CCOC(=O)C[C@H](NS(=O)(=O)c1ccc(OC(F)(F)F)cc1)c1ccc(OC(C)C)c(OC)c1. The molecule has 0 heterocycles. The molecule has 0 radical (unpaired) electrons. The average molecular weight is 506 g/mol. The molecule has 2 aromatic carbocycles. The molecule has 2 rings (SSSR count). The number of methoxy groups -OCH3 is 1. The Morgan fingerprint density at radius 1 is 1.06 bits per heavy atom. The van der Waals surface area contributed by atoms with Crippen molar-refractivity contribution in [3.05, 3.63) is 48.0 Å². The van der Waals surface area contributed by atoms with Crippen molar-refractivity contribution in [2.24, 2.45) is 0 Å². The highest BCUT2D eigenvalue weighted by molar-refractivity contribution is 7.89. The maximum Gasteiger partial charge on any atom is 0.573 e. The highest BCUT2D eigenvalue weighted by Crippen LogP contribution is 2.33. The molecule has 1 atom stereocenters. The molecule has 12 heteroatoms. The predicted molar refractivity (Wildman–Crippen MR) is 116 cm³/mol. The number of hydrogen-bond donors (Lipinski definition) is 1. The van der Waals surface area contributed by atoms with Crippen molar-refractivity contribution in [2.45, 2.75) is 50.6 Å². The summed E-state index contributed by atoms with van der Waals surface area (Å²) >= 11 is 0. The van der Waals surface area contributed by atoms with Crippen molar-refractivity contribution < 1.29 is 45.3 Å². The standard InChI is InChI=1S/C22H26F3NO7S/c1-5-31-21(27)13-18(15-6-11-19(32-14(2)3)20(12-15)30-4)26-34(28,29)17-9-7-16(8-10-17)33-22(23,24)25/h6-12,14,18,26H,5,13H2,1-4H3/t18-/m0/s1. The number of carbonyl (C=O) groups excluding carboxylic acids is 1. The first-order chi connectivity index (χ1) is 15.8. The summed E-state index contributed by atoms with van der Waals surface area (Å²) in [7, 11) is -2.83. The van der Waals surface area contributed by atoms with Crippen molar-refractivity contribution in [1.29, 1.82) is 0 Å². The van der Waals surface area contributed by atoms with E-state index in [2.05, 4.69) is 9.46 Å². The van der Waals surface area contributed by atoms with Gasteiger partial charge in [-0.1, -0.05) is 6.07 Å². The molecule has 0 spiro atoms. The van der Waals surface area contributed by atoms with Crippen LogP contribution >= 0.6 is 0 Å². The van der Waals surface area contributed by atoms with Gasteiger partial charge in [-0.2, -0.15) is 0 Å². The third kappa shape index (κ3) is 8.10. The van der Waals surface area contributed by atoms with Gasteiger partial charge in [-0.05, 0) is 62.7 Å². The molecular weight excluding hydrogens is 479 g/mol. The fraction of sp³-hybridized carbons (Fsp3) is 0.409. The molecule has 0 amide bonds. The Bertz CT molecular complexity index is 1070. The molecule has 0 bridgehead atoms. The van der Waals surface area contributed by atoms with Gasteiger partial charge in [0.2, 0.25) is 10.0 Å². The monoisotopic (exact) mass is 505 g/mol. The summed E-state index contributed by atoms with van der Waals surface area (Å²) in [5, 5.41) is 0.